The Morgan fingerprint density at radius 3 is 1.44 bits per heavy atom. The van der Waals surface area contributed by atoms with Crippen LogP contribution in [0.3, 0.4) is 0 Å². The minimum atomic E-state index is -0.859. The molecule has 0 atom stereocenters. The van der Waals surface area contributed by atoms with Gasteiger partial charge in [-0.25, -0.2) is 4.98 Å². The SMILES string of the molecule is CN(CCOc1ccc(CC(=O)O)cc1)c1cccc(N(C)CCOc2ccc(CC(=O)O)cc2)n1. The van der Waals surface area contributed by atoms with E-state index in [1.807, 2.05) is 42.1 Å². The summed E-state index contributed by atoms with van der Waals surface area (Å²) in [4.78, 5) is 30.3. The summed E-state index contributed by atoms with van der Waals surface area (Å²) in [6.45, 7) is 2.15. The van der Waals surface area contributed by atoms with Crippen molar-refractivity contribution >= 4 is 23.6 Å². The Morgan fingerprint density at radius 1 is 0.694 bits per heavy atom. The molecule has 0 spiro atoms. The topological polar surface area (TPSA) is 112 Å². The van der Waals surface area contributed by atoms with Gasteiger partial charge in [-0.15, -0.1) is 0 Å². The molecule has 0 bridgehead atoms. The number of benzene rings is 2. The zero-order valence-electron chi connectivity index (χ0n) is 20.5. The van der Waals surface area contributed by atoms with Gasteiger partial charge in [0.05, 0.1) is 25.9 Å². The molecular formula is C27H31N3O6. The molecular weight excluding hydrogens is 462 g/mol. The van der Waals surface area contributed by atoms with E-state index in [2.05, 4.69) is 0 Å². The third-order valence-corrected chi connectivity index (χ3v) is 5.45. The second kappa shape index (κ2) is 13.0. The van der Waals surface area contributed by atoms with Crippen LogP contribution in [-0.4, -0.2) is 67.5 Å². The van der Waals surface area contributed by atoms with Gasteiger partial charge < -0.3 is 29.5 Å². The van der Waals surface area contributed by atoms with Crippen molar-refractivity contribution in [3.63, 3.8) is 0 Å². The number of nitrogens with zero attached hydrogens (tertiary/aromatic N) is 3. The molecule has 0 amide bonds. The summed E-state index contributed by atoms with van der Waals surface area (Å²) in [6, 6.07) is 20.0. The Bertz CT molecular complexity index is 1050. The molecule has 0 aliphatic heterocycles. The Kier molecular flexibility index (Phi) is 9.50. The van der Waals surface area contributed by atoms with Crippen LogP contribution in [0.15, 0.2) is 66.7 Å². The first-order valence-electron chi connectivity index (χ1n) is 11.6. The second-order valence-electron chi connectivity index (χ2n) is 8.32. The van der Waals surface area contributed by atoms with Crippen molar-refractivity contribution in [2.75, 3.05) is 50.2 Å². The van der Waals surface area contributed by atoms with E-state index in [4.69, 9.17) is 24.7 Å². The predicted molar refractivity (Wildman–Crippen MR) is 137 cm³/mol. The largest absolute Gasteiger partial charge is 0.492 e. The molecule has 3 aromatic rings. The number of aromatic nitrogens is 1. The molecule has 1 heterocycles. The van der Waals surface area contributed by atoms with Gasteiger partial charge in [0.1, 0.15) is 36.3 Å². The number of aliphatic carboxylic acids is 2. The van der Waals surface area contributed by atoms with Crippen molar-refractivity contribution < 1.29 is 29.3 Å². The number of rotatable bonds is 14. The lowest BCUT2D eigenvalue weighted by Crippen LogP contribution is -2.27. The van der Waals surface area contributed by atoms with Crippen molar-refractivity contribution in [1.29, 1.82) is 0 Å². The van der Waals surface area contributed by atoms with Gasteiger partial charge in [-0.1, -0.05) is 30.3 Å². The zero-order valence-corrected chi connectivity index (χ0v) is 20.5. The lowest BCUT2D eigenvalue weighted by atomic mass is 10.1. The van der Waals surface area contributed by atoms with Crippen LogP contribution in [0.4, 0.5) is 11.6 Å². The van der Waals surface area contributed by atoms with Gasteiger partial charge in [0.15, 0.2) is 0 Å². The number of carboxylic acid groups (broad SMARTS) is 2. The van der Waals surface area contributed by atoms with Gasteiger partial charge >= 0.3 is 11.9 Å². The number of anilines is 2. The molecule has 36 heavy (non-hydrogen) atoms. The molecule has 0 radical (unpaired) electrons. The number of hydrogen-bond acceptors (Lipinski definition) is 7. The van der Waals surface area contributed by atoms with Crippen LogP contribution in [0.2, 0.25) is 0 Å². The average Bonchev–Trinajstić information content (AvgIpc) is 2.85. The smallest absolute Gasteiger partial charge is 0.307 e. The summed E-state index contributed by atoms with van der Waals surface area (Å²) >= 11 is 0. The molecule has 0 saturated carbocycles. The lowest BCUT2D eigenvalue weighted by molar-refractivity contribution is -0.137. The van der Waals surface area contributed by atoms with Crippen LogP contribution >= 0.6 is 0 Å². The molecule has 0 unspecified atom stereocenters. The second-order valence-corrected chi connectivity index (χ2v) is 8.32. The first kappa shape index (κ1) is 26.3. The third-order valence-electron chi connectivity index (χ3n) is 5.45. The highest BCUT2D eigenvalue weighted by molar-refractivity contribution is 5.70. The van der Waals surface area contributed by atoms with Crippen LogP contribution < -0.4 is 19.3 Å². The number of ether oxygens (including phenoxy) is 2. The highest BCUT2D eigenvalue weighted by Crippen LogP contribution is 2.17. The standard InChI is InChI=1S/C27H31N3O6/c1-29(14-16-35-22-10-6-20(7-11-22)18-26(31)32)24-4-3-5-25(28-24)30(2)15-17-36-23-12-8-21(9-13-23)19-27(33)34/h3-13H,14-19H2,1-2H3,(H,31,32)(H,33,34). The number of pyridine rings is 1. The first-order valence-corrected chi connectivity index (χ1v) is 11.6. The number of carboxylic acids is 2. The van der Waals surface area contributed by atoms with Crippen LogP contribution in [0.25, 0.3) is 0 Å². The van der Waals surface area contributed by atoms with E-state index in [0.717, 1.165) is 22.8 Å². The van der Waals surface area contributed by atoms with Crippen molar-refractivity contribution in [3.8, 4) is 11.5 Å². The van der Waals surface area contributed by atoms with Crippen LogP contribution in [0, 0.1) is 0 Å². The minimum Gasteiger partial charge on any atom is -0.492 e. The van der Waals surface area contributed by atoms with Gasteiger partial charge in [0.25, 0.3) is 0 Å². The molecule has 190 valence electrons. The van der Waals surface area contributed by atoms with Gasteiger partial charge in [0.2, 0.25) is 0 Å². The highest BCUT2D eigenvalue weighted by Gasteiger charge is 2.08. The molecule has 9 heteroatoms. The number of likely N-dealkylation sites (N-methyl/N-ethyl adjacent to an activating group) is 2. The van der Waals surface area contributed by atoms with Gasteiger partial charge in [-0.2, -0.15) is 0 Å². The van der Waals surface area contributed by atoms with E-state index in [1.165, 1.54) is 0 Å². The number of carbonyl (C=O) groups is 2. The monoisotopic (exact) mass is 493 g/mol. The molecule has 2 N–H and O–H groups in total. The fourth-order valence-electron chi connectivity index (χ4n) is 3.42. The molecule has 0 aliphatic carbocycles. The summed E-state index contributed by atoms with van der Waals surface area (Å²) in [5.41, 5.74) is 1.47. The van der Waals surface area contributed by atoms with Crippen LogP contribution in [-0.2, 0) is 22.4 Å². The number of hydrogen-bond donors (Lipinski definition) is 2. The third kappa shape index (κ3) is 8.50. The normalized spacial score (nSPS) is 10.5. The Labute approximate surface area is 210 Å². The van der Waals surface area contributed by atoms with E-state index in [0.29, 0.717) is 37.8 Å². The fraction of sp³-hybridized carbons (Fsp3) is 0.296. The molecule has 3 rings (SSSR count). The molecule has 2 aromatic carbocycles. The maximum Gasteiger partial charge on any atom is 0.307 e. The summed E-state index contributed by atoms with van der Waals surface area (Å²) in [5, 5.41) is 17.7. The Hall–Kier alpha value is -4.27. The van der Waals surface area contributed by atoms with Crippen molar-refractivity contribution in [2.45, 2.75) is 12.8 Å². The predicted octanol–water partition coefficient (Wildman–Crippen LogP) is 3.37. The average molecular weight is 494 g/mol. The van der Waals surface area contributed by atoms with Gasteiger partial charge in [0, 0.05) is 14.1 Å². The van der Waals surface area contributed by atoms with Crippen molar-refractivity contribution in [2.24, 2.45) is 0 Å². The summed E-state index contributed by atoms with van der Waals surface area (Å²) < 4.78 is 11.6. The van der Waals surface area contributed by atoms with E-state index in [-0.39, 0.29) is 12.8 Å². The van der Waals surface area contributed by atoms with E-state index in [1.54, 1.807) is 48.5 Å². The Morgan fingerprint density at radius 2 is 1.08 bits per heavy atom. The molecule has 9 nitrogen and oxygen atoms in total. The van der Waals surface area contributed by atoms with Gasteiger partial charge in [-0.05, 0) is 47.5 Å². The van der Waals surface area contributed by atoms with Gasteiger partial charge in [-0.3, -0.25) is 9.59 Å². The van der Waals surface area contributed by atoms with Crippen molar-refractivity contribution in [3.05, 3.63) is 77.9 Å². The van der Waals surface area contributed by atoms with E-state index < -0.39 is 11.9 Å². The maximum atomic E-state index is 10.8. The summed E-state index contributed by atoms with van der Waals surface area (Å²) in [7, 11) is 3.89. The molecule has 0 saturated heterocycles. The fourth-order valence-corrected chi connectivity index (χ4v) is 3.42. The van der Waals surface area contributed by atoms with Crippen LogP contribution in [0.5, 0.6) is 11.5 Å². The minimum absolute atomic E-state index is 0.00665. The lowest BCUT2D eigenvalue weighted by Gasteiger charge is -2.22. The van der Waals surface area contributed by atoms with Crippen molar-refractivity contribution in [1.82, 2.24) is 4.98 Å². The molecule has 0 aliphatic rings. The highest BCUT2D eigenvalue weighted by atomic mass is 16.5. The van der Waals surface area contributed by atoms with E-state index in [9.17, 15) is 9.59 Å². The summed E-state index contributed by atoms with van der Waals surface area (Å²) in [5.74, 6) is 1.29. The summed E-state index contributed by atoms with van der Waals surface area (Å²) in [6.07, 6.45) is -0.0133. The maximum absolute atomic E-state index is 10.8. The van der Waals surface area contributed by atoms with E-state index >= 15 is 0 Å². The first-order chi connectivity index (χ1) is 17.3. The Balaban J connectivity index is 1.44. The van der Waals surface area contributed by atoms with Crippen LogP contribution in [0.1, 0.15) is 11.1 Å². The molecule has 1 aromatic heterocycles. The molecule has 0 fully saturated rings. The zero-order chi connectivity index (χ0) is 25.9. The quantitative estimate of drug-likeness (QED) is 0.349.